The van der Waals surface area contributed by atoms with Crippen LogP contribution in [0.3, 0.4) is 0 Å². The molecule has 1 aromatic carbocycles. The topological polar surface area (TPSA) is 92.4 Å². The van der Waals surface area contributed by atoms with E-state index in [1.54, 1.807) is 0 Å². The van der Waals surface area contributed by atoms with Gasteiger partial charge in [0, 0.05) is 6.54 Å². The van der Waals surface area contributed by atoms with E-state index in [-0.39, 0.29) is 12.3 Å². The van der Waals surface area contributed by atoms with Crippen molar-refractivity contribution in [3.8, 4) is 0 Å². The number of unbranched alkanes of at least 4 members (excludes halogenated alkanes) is 2. The van der Waals surface area contributed by atoms with E-state index in [4.69, 9.17) is 10.8 Å². The van der Waals surface area contributed by atoms with Crippen molar-refractivity contribution in [1.29, 1.82) is 0 Å². The SMILES string of the molecule is N[C@@H](CC(=O)NCCCCCc1ccccc1)C(=O)O. The summed E-state index contributed by atoms with van der Waals surface area (Å²) >= 11 is 0. The van der Waals surface area contributed by atoms with Crippen molar-refractivity contribution < 1.29 is 14.7 Å². The number of amides is 1. The Hall–Kier alpha value is -1.88. The van der Waals surface area contributed by atoms with Crippen molar-refractivity contribution in [2.45, 2.75) is 38.1 Å². The van der Waals surface area contributed by atoms with E-state index in [9.17, 15) is 9.59 Å². The number of nitrogens with two attached hydrogens (primary N) is 1. The van der Waals surface area contributed by atoms with E-state index in [0.29, 0.717) is 6.54 Å². The van der Waals surface area contributed by atoms with Gasteiger partial charge in [-0.25, -0.2) is 0 Å². The van der Waals surface area contributed by atoms with Crippen molar-refractivity contribution in [3.05, 3.63) is 35.9 Å². The van der Waals surface area contributed by atoms with Crippen LogP contribution in [0.4, 0.5) is 0 Å². The predicted molar refractivity (Wildman–Crippen MR) is 77.2 cm³/mol. The lowest BCUT2D eigenvalue weighted by Crippen LogP contribution is -2.37. The third-order valence-corrected chi connectivity index (χ3v) is 3.03. The molecule has 0 aromatic heterocycles. The van der Waals surface area contributed by atoms with Crippen LogP contribution in [0.15, 0.2) is 30.3 Å². The number of benzene rings is 1. The fraction of sp³-hybridized carbons (Fsp3) is 0.467. The van der Waals surface area contributed by atoms with Gasteiger partial charge in [0.2, 0.25) is 5.91 Å². The maximum Gasteiger partial charge on any atom is 0.321 e. The highest BCUT2D eigenvalue weighted by molar-refractivity contribution is 5.84. The summed E-state index contributed by atoms with van der Waals surface area (Å²) in [5.74, 6) is -1.45. The van der Waals surface area contributed by atoms with Gasteiger partial charge < -0.3 is 16.2 Å². The molecular weight excluding hydrogens is 256 g/mol. The lowest BCUT2D eigenvalue weighted by atomic mass is 10.1. The first-order valence-electron chi connectivity index (χ1n) is 6.88. The second-order valence-electron chi connectivity index (χ2n) is 4.80. The minimum absolute atomic E-state index is 0.167. The van der Waals surface area contributed by atoms with Crippen molar-refractivity contribution >= 4 is 11.9 Å². The Bertz CT molecular complexity index is 420. The van der Waals surface area contributed by atoms with Crippen LogP contribution in [0.25, 0.3) is 0 Å². The van der Waals surface area contributed by atoms with Gasteiger partial charge in [0.1, 0.15) is 6.04 Å². The number of hydrogen-bond acceptors (Lipinski definition) is 3. The summed E-state index contributed by atoms with van der Waals surface area (Å²) in [4.78, 5) is 21.8. The standard InChI is InChI=1S/C15H22N2O3/c16-13(15(19)20)11-14(18)17-10-6-2-5-9-12-7-3-1-4-8-12/h1,3-4,7-8,13H,2,5-6,9-11,16H2,(H,17,18)(H,19,20)/t13-/m0/s1. The summed E-state index contributed by atoms with van der Waals surface area (Å²) in [6.45, 7) is 0.569. The minimum Gasteiger partial charge on any atom is -0.480 e. The van der Waals surface area contributed by atoms with Crippen molar-refractivity contribution in [3.63, 3.8) is 0 Å². The van der Waals surface area contributed by atoms with Crippen molar-refractivity contribution in [2.24, 2.45) is 5.73 Å². The lowest BCUT2D eigenvalue weighted by Gasteiger charge is -2.07. The van der Waals surface area contributed by atoms with Gasteiger partial charge in [0.25, 0.3) is 0 Å². The maximum absolute atomic E-state index is 11.4. The average molecular weight is 278 g/mol. The second-order valence-corrected chi connectivity index (χ2v) is 4.80. The minimum atomic E-state index is -1.15. The molecule has 0 aliphatic rings. The molecule has 5 heteroatoms. The van der Waals surface area contributed by atoms with Crippen LogP contribution in [0, 0.1) is 0 Å². The Kier molecular flexibility index (Phi) is 7.35. The normalized spacial score (nSPS) is 11.8. The van der Waals surface area contributed by atoms with E-state index in [1.165, 1.54) is 5.56 Å². The molecule has 1 atom stereocenters. The molecule has 0 heterocycles. The molecule has 110 valence electrons. The zero-order chi connectivity index (χ0) is 14.8. The number of carboxylic acid groups (broad SMARTS) is 1. The molecule has 0 fully saturated rings. The van der Waals surface area contributed by atoms with Crippen molar-refractivity contribution in [2.75, 3.05) is 6.54 Å². The summed E-state index contributed by atoms with van der Waals surface area (Å²) in [7, 11) is 0. The summed E-state index contributed by atoms with van der Waals surface area (Å²) in [6, 6.07) is 9.15. The molecule has 0 aliphatic heterocycles. The highest BCUT2D eigenvalue weighted by Crippen LogP contribution is 2.05. The fourth-order valence-electron chi connectivity index (χ4n) is 1.86. The molecule has 0 bridgehead atoms. The molecular formula is C15H22N2O3. The van der Waals surface area contributed by atoms with Gasteiger partial charge in [-0.2, -0.15) is 0 Å². The molecule has 0 unspecified atom stereocenters. The van der Waals surface area contributed by atoms with E-state index in [0.717, 1.165) is 25.7 Å². The average Bonchev–Trinajstić information content (AvgIpc) is 2.43. The highest BCUT2D eigenvalue weighted by atomic mass is 16.4. The second kappa shape index (κ2) is 9.09. The lowest BCUT2D eigenvalue weighted by molar-refractivity contribution is -0.140. The quantitative estimate of drug-likeness (QED) is 0.594. The summed E-state index contributed by atoms with van der Waals surface area (Å²) in [5, 5.41) is 11.3. The Balaban J connectivity index is 2.02. The van der Waals surface area contributed by atoms with Crippen LogP contribution >= 0.6 is 0 Å². The number of nitrogens with one attached hydrogen (secondary N) is 1. The van der Waals surface area contributed by atoms with Gasteiger partial charge in [-0.1, -0.05) is 36.8 Å². The van der Waals surface area contributed by atoms with E-state index >= 15 is 0 Å². The van der Waals surface area contributed by atoms with Gasteiger partial charge in [-0.3, -0.25) is 9.59 Å². The highest BCUT2D eigenvalue weighted by Gasteiger charge is 2.15. The van der Waals surface area contributed by atoms with Gasteiger partial charge >= 0.3 is 5.97 Å². The van der Waals surface area contributed by atoms with Gasteiger partial charge in [-0.15, -0.1) is 0 Å². The predicted octanol–water partition coefficient (Wildman–Crippen LogP) is 1.32. The number of carboxylic acids is 1. The smallest absolute Gasteiger partial charge is 0.321 e. The van der Waals surface area contributed by atoms with E-state index < -0.39 is 12.0 Å². The maximum atomic E-state index is 11.4. The monoisotopic (exact) mass is 278 g/mol. The van der Waals surface area contributed by atoms with Crippen LogP contribution in [-0.4, -0.2) is 29.6 Å². The van der Waals surface area contributed by atoms with Crippen LogP contribution in [-0.2, 0) is 16.0 Å². The molecule has 1 rings (SSSR count). The van der Waals surface area contributed by atoms with Crippen LogP contribution in [0.1, 0.15) is 31.2 Å². The van der Waals surface area contributed by atoms with E-state index in [2.05, 4.69) is 17.4 Å². The Labute approximate surface area is 119 Å². The summed E-state index contributed by atoms with van der Waals surface area (Å²) in [6.07, 6.45) is 3.87. The Morgan fingerprint density at radius 2 is 1.85 bits per heavy atom. The summed E-state index contributed by atoms with van der Waals surface area (Å²) < 4.78 is 0. The van der Waals surface area contributed by atoms with Gasteiger partial charge in [-0.05, 0) is 24.8 Å². The molecule has 0 spiro atoms. The zero-order valence-corrected chi connectivity index (χ0v) is 11.5. The number of hydrogen-bond donors (Lipinski definition) is 3. The molecule has 4 N–H and O–H groups in total. The molecule has 5 nitrogen and oxygen atoms in total. The fourth-order valence-corrected chi connectivity index (χ4v) is 1.86. The zero-order valence-electron chi connectivity index (χ0n) is 11.5. The molecule has 0 saturated heterocycles. The Morgan fingerprint density at radius 3 is 2.50 bits per heavy atom. The van der Waals surface area contributed by atoms with E-state index in [1.807, 2.05) is 18.2 Å². The van der Waals surface area contributed by atoms with Crippen LogP contribution in [0.5, 0.6) is 0 Å². The number of rotatable bonds is 9. The van der Waals surface area contributed by atoms with Gasteiger partial charge in [0.05, 0.1) is 6.42 Å². The first kappa shape index (κ1) is 16.2. The molecule has 1 amide bonds. The number of carbonyl (C=O) groups excluding carboxylic acids is 1. The third-order valence-electron chi connectivity index (χ3n) is 3.03. The molecule has 20 heavy (non-hydrogen) atoms. The van der Waals surface area contributed by atoms with Crippen molar-refractivity contribution in [1.82, 2.24) is 5.32 Å². The third kappa shape index (κ3) is 6.89. The number of carbonyl (C=O) groups is 2. The largest absolute Gasteiger partial charge is 0.480 e. The first-order chi connectivity index (χ1) is 9.59. The summed E-state index contributed by atoms with van der Waals surface area (Å²) in [5.41, 5.74) is 6.60. The Morgan fingerprint density at radius 1 is 1.15 bits per heavy atom. The molecule has 0 radical (unpaired) electrons. The first-order valence-corrected chi connectivity index (χ1v) is 6.88. The van der Waals surface area contributed by atoms with Crippen LogP contribution in [0.2, 0.25) is 0 Å². The molecule has 0 saturated carbocycles. The van der Waals surface area contributed by atoms with Crippen LogP contribution < -0.4 is 11.1 Å². The van der Waals surface area contributed by atoms with Gasteiger partial charge in [0.15, 0.2) is 0 Å². The molecule has 1 aromatic rings. The number of aryl methyl sites for hydroxylation is 1. The number of aliphatic carboxylic acids is 1. The molecule has 0 aliphatic carbocycles.